The van der Waals surface area contributed by atoms with Gasteiger partial charge in [-0.3, -0.25) is 4.79 Å². The van der Waals surface area contributed by atoms with Gasteiger partial charge in [0.1, 0.15) is 0 Å². The lowest BCUT2D eigenvalue weighted by atomic mass is 10.1. The minimum absolute atomic E-state index is 0.0655. The third-order valence-electron chi connectivity index (χ3n) is 3.43. The molecule has 0 amide bonds. The van der Waals surface area contributed by atoms with Gasteiger partial charge in [-0.05, 0) is 40.8 Å². The Balaban J connectivity index is 1.71. The maximum atomic E-state index is 10.8. The van der Waals surface area contributed by atoms with Crippen LogP contribution in [0.5, 0.6) is 0 Å². The highest BCUT2D eigenvalue weighted by molar-refractivity contribution is 7.99. The zero-order valence-corrected chi connectivity index (χ0v) is 11.6. The van der Waals surface area contributed by atoms with Gasteiger partial charge in [0.05, 0.1) is 12.1 Å². The van der Waals surface area contributed by atoms with E-state index in [9.17, 15) is 4.79 Å². The first kappa shape index (κ1) is 13.1. The monoisotopic (exact) mass is 290 g/mol. The summed E-state index contributed by atoms with van der Waals surface area (Å²) < 4.78 is 1.68. The third kappa shape index (κ3) is 2.82. The van der Waals surface area contributed by atoms with Gasteiger partial charge < -0.3 is 5.11 Å². The molecule has 20 heavy (non-hydrogen) atoms. The van der Waals surface area contributed by atoms with Gasteiger partial charge in [-0.25, -0.2) is 0 Å². The van der Waals surface area contributed by atoms with Crippen molar-refractivity contribution in [3.05, 3.63) is 30.3 Å². The van der Waals surface area contributed by atoms with Crippen LogP contribution in [0.3, 0.4) is 0 Å². The number of carboxylic acids is 1. The molecule has 0 saturated heterocycles. The Bertz CT molecular complexity index is 610. The number of tetrazole rings is 1. The molecule has 0 unspecified atom stereocenters. The van der Waals surface area contributed by atoms with Gasteiger partial charge in [0.25, 0.3) is 0 Å². The predicted octanol–water partition coefficient (Wildman–Crippen LogP) is 2.01. The first-order valence-electron chi connectivity index (χ1n) is 6.37. The molecule has 104 valence electrons. The van der Waals surface area contributed by atoms with Crippen molar-refractivity contribution in [2.24, 2.45) is 5.41 Å². The van der Waals surface area contributed by atoms with Gasteiger partial charge in [0, 0.05) is 5.75 Å². The molecule has 1 saturated carbocycles. The summed E-state index contributed by atoms with van der Waals surface area (Å²) in [7, 11) is 0. The molecule has 1 fully saturated rings. The second-order valence-corrected chi connectivity index (χ2v) is 6.01. The zero-order valence-electron chi connectivity index (χ0n) is 10.8. The summed E-state index contributed by atoms with van der Waals surface area (Å²) in [6, 6.07) is 9.67. The molecule has 1 aromatic carbocycles. The van der Waals surface area contributed by atoms with Crippen LogP contribution in [0.15, 0.2) is 35.5 Å². The number of aliphatic carboxylic acids is 1. The largest absolute Gasteiger partial charge is 0.481 e. The normalized spacial score (nSPS) is 16.0. The molecule has 7 heteroatoms. The first-order chi connectivity index (χ1) is 9.69. The number of aromatic nitrogens is 4. The van der Waals surface area contributed by atoms with Gasteiger partial charge in [-0.1, -0.05) is 30.0 Å². The van der Waals surface area contributed by atoms with Gasteiger partial charge >= 0.3 is 5.97 Å². The lowest BCUT2D eigenvalue weighted by Crippen LogP contribution is -2.11. The van der Waals surface area contributed by atoms with Crippen LogP contribution in [0.2, 0.25) is 0 Å². The predicted molar refractivity (Wildman–Crippen MR) is 73.8 cm³/mol. The molecule has 0 aliphatic heterocycles. The number of benzene rings is 1. The van der Waals surface area contributed by atoms with E-state index in [-0.39, 0.29) is 11.8 Å². The first-order valence-corrected chi connectivity index (χ1v) is 7.36. The molecule has 0 atom stereocenters. The molecular weight excluding hydrogens is 276 g/mol. The highest BCUT2D eigenvalue weighted by atomic mass is 32.2. The fraction of sp³-hybridized carbons (Fsp3) is 0.385. The molecule has 0 spiro atoms. The standard InChI is InChI=1S/C13H14N4O2S/c18-11(19)8-13(6-7-13)9-20-12-14-15-16-17(12)10-4-2-1-3-5-10/h1-5H,6-9H2,(H,18,19). The van der Waals surface area contributed by atoms with Crippen molar-refractivity contribution in [3.63, 3.8) is 0 Å². The maximum absolute atomic E-state index is 10.8. The van der Waals surface area contributed by atoms with E-state index >= 15 is 0 Å². The lowest BCUT2D eigenvalue weighted by Gasteiger charge is -2.11. The molecule has 0 bridgehead atoms. The number of carboxylic acid groups (broad SMARTS) is 1. The lowest BCUT2D eigenvalue weighted by molar-refractivity contribution is -0.138. The average Bonchev–Trinajstić information content (AvgIpc) is 3.03. The molecule has 1 aromatic heterocycles. The second kappa shape index (κ2) is 5.24. The minimum Gasteiger partial charge on any atom is -0.481 e. The fourth-order valence-corrected chi connectivity index (χ4v) is 3.27. The molecule has 1 heterocycles. The summed E-state index contributed by atoms with van der Waals surface area (Å²) in [5.74, 6) is 0.0118. The SMILES string of the molecule is O=C(O)CC1(CSc2nnnn2-c2ccccc2)CC1. The Labute approximate surface area is 120 Å². The number of nitrogens with zero attached hydrogens (tertiary/aromatic N) is 4. The van der Waals surface area contributed by atoms with Gasteiger partial charge in [-0.15, -0.1) is 5.10 Å². The van der Waals surface area contributed by atoms with E-state index in [1.165, 1.54) is 11.8 Å². The summed E-state index contributed by atoms with van der Waals surface area (Å²) in [6.45, 7) is 0. The fourth-order valence-electron chi connectivity index (χ4n) is 2.09. The number of para-hydroxylation sites is 1. The Kier molecular flexibility index (Phi) is 3.43. The van der Waals surface area contributed by atoms with Crippen molar-refractivity contribution in [3.8, 4) is 5.69 Å². The number of hydrogen-bond acceptors (Lipinski definition) is 5. The van der Waals surface area contributed by atoms with E-state index in [0.717, 1.165) is 24.3 Å². The summed E-state index contributed by atoms with van der Waals surface area (Å²) in [4.78, 5) is 10.8. The van der Waals surface area contributed by atoms with Crippen molar-refractivity contribution in [1.82, 2.24) is 20.2 Å². The van der Waals surface area contributed by atoms with E-state index in [1.54, 1.807) is 4.68 Å². The van der Waals surface area contributed by atoms with Crippen LogP contribution >= 0.6 is 11.8 Å². The van der Waals surface area contributed by atoms with Crippen LogP contribution in [0.4, 0.5) is 0 Å². The van der Waals surface area contributed by atoms with Crippen molar-refractivity contribution >= 4 is 17.7 Å². The number of rotatable bonds is 6. The van der Waals surface area contributed by atoms with Crippen LogP contribution in [0.25, 0.3) is 5.69 Å². The number of thioether (sulfide) groups is 1. The number of carbonyl (C=O) groups is 1. The third-order valence-corrected chi connectivity index (χ3v) is 4.70. The molecule has 6 nitrogen and oxygen atoms in total. The second-order valence-electron chi connectivity index (χ2n) is 5.07. The van der Waals surface area contributed by atoms with Crippen LogP contribution in [-0.4, -0.2) is 37.0 Å². The molecular formula is C13H14N4O2S. The smallest absolute Gasteiger partial charge is 0.303 e. The molecule has 3 rings (SSSR count). The molecule has 1 aliphatic carbocycles. The molecule has 2 aromatic rings. The van der Waals surface area contributed by atoms with E-state index in [2.05, 4.69) is 15.5 Å². The molecule has 0 radical (unpaired) electrons. The Morgan fingerprint density at radius 2 is 2.10 bits per heavy atom. The van der Waals surface area contributed by atoms with E-state index in [0.29, 0.717) is 5.16 Å². The van der Waals surface area contributed by atoms with Crippen molar-refractivity contribution in [2.75, 3.05) is 5.75 Å². The van der Waals surface area contributed by atoms with Crippen LogP contribution in [0, 0.1) is 5.41 Å². The minimum atomic E-state index is -0.731. The van der Waals surface area contributed by atoms with Gasteiger partial charge in [0.2, 0.25) is 5.16 Å². The maximum Gasteiger partial charge on any atom is 0.303 e. The van der Waals surface area contributed by atoms with E-state index in [4.69, 9.17) is 5.11 Å². The Morgan fingerprint density at radius 3 is 2.75 bits per heavy atom. The molecule has 1 N–H and O–H groups in total. The quantitative estimate of drug-likeness (QED) is 0.820. The highest BCUT2D eigenvalue weighted by Gasteiger charge is 2.44. The highest BCUT2D eigenvalue weighted by Crippen LogP contribution is 2.51. The van der Waals surface area contributed by atoms with Crippen LogP contribution < -0.4 is 0 Å². The summed E-state index contributed by atoms with van der Waals surface area (Å²) >= 11 is 1.52. The number of hydrogen-bond donors (Lipinski definition) is 1. The average molecular weight is 290 g/mol. The summed E-state index contributed by atoms with van der Waals surface area (Å²) in [5, 5.41) is 21.3. The Hall–Kier alpha value is -1.89. The van der Waals surface area contributed by atoms with Crippen molar-refractivity contribution in [1.29, 1.82) is 0 Å². The zero-order chi connectivity index (χ0) is 14.0. The van der Waals surface area contributed by atoms with Crippen LogP contribution in [0.1, 0.15) is 19.3 Å². The van der Waals surface area contributed by atoms with E-state index in [1.807, 2.05) is 30.3 Å². The van der Waals surface area contributed by atoms with Gasteiger partial charge in [-0.2, -0.15) is 4.68 Å². The topological polar surface area (TPSA) is 80.9 Å². The summed E-state index contributed by atoms with van der Waals surface area (Å²) in [5.41, 5.74) is 0.840. The summed E-state index contributed by atoms with van der Waals surface area (Å²) in [6.07, 6.45) is 2.17. The van der Waals surface area contributed by atoms with Crippen LogP contribution in [-0.2, 0) is 4.79 Å². The van der Waals surface area contributed by atoms with E-state index < -0.39 is 5.97 Å². The van der Waals surface area contributed by atoms with Crippen molar-refractivity contribution in [2.45, 2.75) is 24.4 Å². The van der Waals surface area contributed by atoms with Crippen molar-refractivity contribution < 1.29 is 9.90 Å². The Morgan fingerprint density at radius 1 is 1.35 bits per heavy atom. The molecule has 1 aliphatic rings. The van der Waals surface area contributed by atoms with Gasteiger partial charge in [0.15, 0.2) is 0 Å².